The van der Waals surface area contributed by atoms with Crippen LogP contribution in [0, 0.1) is 12.8 Å². The lowest BCUT2D eigenvalue weighted by Gasteiger charge is -2.37. The van der Waals surface area contributed by atoms with Gasteiger partial charge in [0.15, 0.2) is 0 Å². The van der Waals surface area contributed by atoms with Crippen LogP contribution < -0.4 is 10.1 Å². The first kappa shape index (κ1) is 18.8. The summed E-state index contributed by atoms with van der Waals surface area (Å²) in [5.41, 5.74) is 1.14. The van der Waals surface area contributed by atoms with Crippen molar-refractivity contribution >= 4 is 11.6 Å². The zero-order valence-electron chi connectivity index (χ0n) is 15.5. The maximum Gasteiger partial charge on any atom is 0.256 e. The van der Waals surface area contributed by atoms with E-state index in [9.17, 15) is 4.79 Å². The van der Waals surface area contributed by atoms with Gasteiger partial charge in [-0.2, -0.15) is 0 Å². The Labute approximate surface area is 145 Å². The second kappa shape index (κ2) is 8.52. The molecule has 1 aliphatic rings. The van der Waals surface area contributed by atoms with Gasteiger partial charge < -0.3 is 14.8 Å². The minimum absolute atomic E-state index is 0.0319. The first-order valence-corrected chi connectivity index (χ1v) is 9.11. The summed E-state index contributed by atoms with van der Waals surface area (Å²) in [5, 5.41) is 3.04. The van der Waals surface area contributed by atoms with Gasteiger partial charge in [-0.1, -0.05) is 26.7 Å². The third-order valence-corrected chi connectivity index (χ3v) is 4.95. The maximum absolute atomic E-state index is 12.8. The molecule has 0 heterocycles. The largest absolute Gasteiger partial charge is 0.493 e. The van der Waals surface area contributed by atoms with Crippen LogP contribution >= 0.6 is 0 Å². The fourth-order valence-corrected chi connectivity index (χ4v) is 3.45. The first-order valence-electron chi connectivity index (χ1n) is 9.11. The third kappa shape index (κ3) is 4.50. The molecule has 0 bridgehead atoms. The van der Waals surface area contributed by atoms with Gasteiger partial charge in [-0.05, 0) is 62.3 Å². The molecule has 134 valence electrons. The summed E-state index contributed by atoms with van der Waals surface area (Å²) < 4.78 is 11.4. The average Bonchev–Trinajstić information content (AvgIpc) is 2.56. The number of carbonyl (C=O) groups is 1. The number of benzene rings is 1. The van der Waals surface area contributed by atoms with E-state index < -0.39 is 5.60 Å². The van der Waals surface area contributed by atoms with Crippen LogP contribution in [0.2, 0.25) is 0 Å². The molecule has 0 radical (unpaired) electrons. The minimum atomic E-state index is -0.693. The number of anilines is 1. The molecule has 1 aromatic carbocycles. The Hall–Kier alpha value is -1.55. The second-order valence-corrected chi connectivity index (χ2v) is 7.04. The molecule has 0 spiro atoms. The zero-order chi connectivity index (χ0) is 17.6. The highest BCUT2D eigenvalue weighted by molar-refractivity contribution is 5.97. The lowest BCUT2D eigenvalue weighted by molar-refractivity contribution is -0.143. The summed E-state index contributed by atoms with van der Waals surface area (Å²) in [5.74, 6) is 1.37. The SMILES string of the molecule is CCCCOc1ccc(NC(=O)[C@@]2(OC)CCC[C@H](C)C2)cc1C. The van der Waals surface area contributed by atoms with E-state index in [-0.39, 0.29) is 5.91 Å². The van der Waals surface area contributed by atoms with E-state index >= 15 is 0 Å². The second-order valence-electron chi connectivity index (χ2n) is 7.04. The summed E-state index contributed by atoms with van der Waals surface area (Å²) in [6.07, 6.45) is 5.94. The summed E-state index contributed by atoms with van der Waals surface area (Å²) in [4.78, 5) is 12.8. The van der Waals surface area contributed by atoms with Gasteiger partial charge in [-0.15, -0.1) is 0 Å². The summed E-state index contributed by atoms with van der Waals surface area (Å²) in [6, 6.07) is 5.81. The predicted octanol–water partition coefficient (Wildman–Crippen LogP) is 4.71. The van der Waals surface area contributed by atoms with Crippen molar-refractivity contribution in [2.75, 3.05) is 19.0 Å². The van der Waals surface area contributed by atoms with E-state index in [0.717, 1.165) is 55.7 Å². The number of ether oxygens (including phenoxy) is 2. The van der Waals surface area contributed by atoms with Crippen molar-refractivity contribution in [2.24, 2.45) is 5.92 Å². The van der Waals surface area contributed by atoms with Gasteiger partial charge in [-0.3, -0.25) is 4.79 Å². The van der Waals surface area contributed by atoms with Gasteiger partial charge in [0.1, 0.15) is 11.4 Å². The van der Waals surface area contributed by atoms with E-state index in [1.165, 1.54) is 6.42 Å². The van der Waals surface area contributed by atoms with Crippen LogP contribution in [-0.4, -0.2) is 25.2 Å². The first-order chi connectivity index (χ1) is 11.5. The monoisotopic (exact) mass is 333 g/mol. The van der Waals surface area contributed by atoms with Crippen LogP contribution in [0.3, 0.4) is 0 Å². The van der Waals surface area contributed by atoms with Gasteiger partial charge >= 0.3 is 0 Å². The Morgan fingerprint density at radius 2 is 2.21 bits per heavy atom. The molecular formula is C20H31NO3. The molecule has 24 heavy (non-hydrogen) atoms. The fourth-order valence-electron chi connectivity index (χ4n) is 3.45. The van der Waals surface area contributed by atoms with Gasteiger partial charge in [0.25, 0.3) is 5.91 Å². The molecule has 1 N–H and O–H groups in total. The van der Waals surface area contributed by atoms with Crippen molar-refractivity contribution < 1.29 is 14.3 Å². The molecule has 0 aliphatic heterocycles. The molecule has 2 atom stereocenters. The Balaban J connectivity index is 2.04. The Morgan fingerprint density at radius 3 is 2.83 bits per heavy atom. The summed E-state index contributed by atoms with van der Waals surface area (Å²) in [7, 11) is 1.65. The lowest BCUT2D eigenvalue weighted by atomic mass is 9.78. The van der Waals surface area contributed by atoms with Crippen molar-refractivity contribution in [1.29, 1.82) is 0 Å². The van der Waals surface area contributed by atoms with Crippen molar-refractivity contribution in [3.8, 4) is 5.75 Å². The number of methoxy groups -OCH3 is 1. The van der Waals surface area contributed by atoms with Crippen molar-refractivity contribution in [3.63, 3.8) is 0 Å². The fraction of sp³-hybridized carbons (Fsp3) is 0.650. The standard InChI is InChI=1S/C20H31NO3/c1-5-6-12-24-18-10-9-17(13-16(18)3)21-19(22)20(23-4)11-7-8-15(2)14-20/h9-10,13,15H,5-8,11-12,14H2,1-4H3,(H,21,22)/t15-,20+/m0/s1. The zero-order valence-corrected chi connectivity index (χ0v) is 15.5. The van der Waals surface area contributed by atoms with Gasteiger partial charge in [0, 0.05) is 12.8 Å². The van der Waals surface area contributed by atoms with E-state index in [4.69, 9.17) is 9.47 Å². The molecule has 1 fully saturated rings. The number of nitrogens with one attached hydrogen (secondary N) is 1. The van der Waals surface area contributed by atoms with Crippen LogP contribution in [0.5, 0.6) is 5.75 Å². The van der Waals surface area contributed by atoms with E-state index in [0.29, 0.717) is 5.92 Å². The maximum atomic E-state index is 12.8. The molecule has 2 rings (SSSR count). The minimum Gasteiger partial charge on any atom is -0.493 e. The Bertz CT molecular complexity index is 558. The number of hydrogen-bond donors (Lipinski definition) is 1. The quantitative estimate of drug-likeness (QED) is 0.735. The molecule has 1 aromatic rings. The molecule has 4 nitrogen and oxygen atoms in total. The van der Waals surface area contributed by atoms with Crippen molar-refractivity contribution in [3.05, 3.63) is 23.8 Å². The number of amides is 1. The van der Waals surface area contributed by atoms with Crippen LogP contribution in [0.1, 0.15) is 57.9 Å². The van der Waals surface area contributed by atoms with Crippen molar-refractivity contribution in [2.45, 2.75) is 64.9 Å². The smallest absolute Gasteiger partial charge is 0.256 e. The highest BCUT2D eigenvalue weighted by Crippen LogP contribution is 2.36. The van der Waals surface area contributed by atoms with Crippen LogP contribution in [0.15, 0.2) is 18.2 Å². The Morgan fingerprint density at radius 1 is 1.42 bits per heavy atom. The number of unbranched alkanes of at least 4 members (excludes halogenated alkanes) is 1. The molecule has 0 saturated heterocycles. The highest BCUT2D eigenvalue weighted by atomic mass is 16.5. The number of hydrogen-bond acceptors (Lipinski definition) is 3. The lowest BCUT2D eigenvalue weighted by Crippen LogP contribution is -2.47. The van der Waals surface area contributed by atoms with E-state index in [1.54, 1.807) is 7.11 Å². The van der Waals surface area contributed by atoms with Crippen LogP contribution in [-0.2, 0) is 9.53 Å². The van der Waals surface area contributed by atoms with Crippen LogP contribution in [0.25, 0.3) is 0 Å². The topological polar surface area (TPSA) is 47.6 Å². The third-order valence-electron chi connectivity index (χ3n) is 4.95. The Kier molecular flexibility index (Phi) is 6.67. The summed E-state index contributed by atoms with van der Waals surface area (Å²) >= 11 is 0. The molecule has 1 aliphatic carbocycles. The normalized spacial score (nSPS) is 23.8. The molecule has 0 aromatic heterocycles. The molecular weight excluding hydrogens is 302 g/mol. The van der Waals surface area contributed by atoms with E-state index in [1.807, 2.05) is 25.1 Å². The van der Waals surface area contributed by atoms with Gasteiger partial charge in [-0.25, -0.2) is 0 Å². The van der Waals surface area contributed by atoms with Crippen molar-refractivity contribution in [1.82, 2.24) is 0 Å². The van der Waals surface area contributed by atoms with Crippen LogP contribution in [0.4, 0.5) is 5.69 Å². The molecule has 0 unspecified atom stereocenters. The molecule has 1 amide bonds. The molecule has 4 heteroatoms. The average molecular weight is 333 g/mol. The van der Waals surface area contributed by atoms with Gasteiger partial charge in [0.05, 0.1) is 6.61 Å². The summed E-state index contributed by atoms with van der Waals surface area (Å²) in [6.45, 7) is 7.07. The predicted molar refractivity (Wildman–Crippen MR) is 97.6 cm³/mol. The highest BCUT2D eigenvalue weighted by Gasteiger charge is 2.41. The molecule has 1 saturated carbocycles. The van der Waals surface area contributed by atoms with E-state index in [2.05, 4.69) is 19.2 Å². The van der Waals surface area contributed by atoms with Gasteiger partial charge in [0.2, 0.25) is 0 Å². The number of aryl methyl sites for hydroxylation is 1. The number of carbonyl (C=O) groups excluding carboxylic acids is 1. The number of rotatable bonds is 7.